The lowest BCUT2D eigenvalue weighted by Crippen LogP contribution is -2.51. The van der Waals surface area contributed by atoms with E-state index in [0.717, 1.165) is 6.41 Å². The molecule has 1 aliphatic heterocycles. The van der Waals surface area contributed by atoms with Crippen LogP contribution in [0.25, 0.3) is 0 Å². The summed E-state index contributed by atoms with van der Waals surface area (Å²) in [6.45, 7) is 7.47. The van der Waals surface area contributed by atoms with Gasteiger partial charge in [0.05, 0.1) is 5.92 Å². The summed E-state index contributed by atoms with van der Waals surface area (Å²) in [6, 6.07) is 0. The van der Waals surface area contributed by atoms with Gasteiger partial charge < -0.3 is 15.1 Å². The van der Waals surface area contributed by atoms with Crippen LogP contribution in [-0.4, -0.2) is 61.9 Å². The maximum atomic E-state index is 12.3. The monoisotopic (exact) mass is 241 g/mol. The molecule has 1 saturated heterocycles. The van der Waals surface area contributed by atoms with Gasteiger partial charge in [0.2, 0.25) is 12.3 Å². The molecule has 1 heterocycles. The number of rotatable bonds is 5. The number of carbonyl (C=O) groups excluding carboxylic acids is 2. The first kappa shape index (κ1) is 14.0. The van der Waals surface area contributed by atoms with Gasteiger partial charge in [-0.2, -0.15) is 0 Å². The summed E-state index contributed by atoms with van der Waals surface area (Å²) in [5, 5.41) is 3.07. The molecule has 0 saturated carbocycles. The van der Waals surface area contributed by atoms with E-state index in [-0.39, 0.29) is 11.8 Å². The van der Waals surface area contributed by atoms with E-state index >= 15 is 0 Å². The molecule has 0 aromatic rings. The Balaban J connectivity index is 2.54. The van der Waals surface area contributed by atoms with Gasteiger partial charge in [0.1, 0.15) is 0 Å². The molecule has 5 nitrogen and oxygen atoms in total. The van der Waals surface area contributed by atoms with E-state index in [4.69, 9.17) is 0 Å². The second-order valence-electron chi connectivity index (χ2n) is 4.87. The Morgan fingerprint density at radius 1 is 1.29 bits per heavy atom. The topological polar surface area (TPSA) is 52.7 Å². The second kappa shape index (κ2) is 6.59. The average Bonchev–Trinajstić information content (AvgIpc) is 2.35. The molecule has 5 heteroatoms. The van der Waals surface area contributed by atoms with Crippen molar-refractivity contribution in [2.45, 2.75) is 13.8 Å². The molecule has 17 heavy (non-hydrogen) atoms. The van der Waals surface area contributed by atoms with Crippen LogP contribution in [0.5, 0.6) is 0 Å². The summed E-state index contributed by atoms with van der Waals surface area (Å²) in [5.41, 5.74) is 0. The van der Waals surface area contributed by atoms with Crippen LogP contribution in [0.4, 0.5) is 0 Å². The Morgan fingerprint density at radius 2 is 1.88 bits per heavy atom. The molecule has 0 aromatic carbocycles. The molecule has 1 aliphatic rings. The summed E-state index contributed by atoms with van der Waals surface area (Å²) in [4.78, 5) is 26.5. The molecular formula is C12H23N3O2. The van der Waals surface area contributed by atoms with Crippen LogP contribution in [-0.2, 0) is 9.59 Å². The van der Waals surface area contributed by atoms with Crippen molar-refractivity contribution in [3.63, 3.8) is 0 Å². The number of nitrogens with zero attached hydrogens (tertiary/aromatic N) is 2. The van der Waals surface area contributed by atoms with Crippen LogP contribution in [0.3, 0.4) is 0 Å². The van der Waals surface area contributed by atoms with Crippen molar-refractivity contribution in [2.75, 3.05) is 39.8 Å². The van der Waals surface area contributed by atoms with E-state index in [9.17, 15) is 9.59 Å². The molecule has 0 bridgehead atoms. The highest BCUT2D eigenvalue weighted by Crippen LogP contribution is 2.15. The Bertz CT molecular complexity index is 260. The summed E-state index contributed by atoms with van der Waals surface area (Å²) in [7, 11) is 1.87. The summed E-state index contributed by atoms with van der Waals surface area (Å²) < 4.78 is 0. The smallest absolute Gasteiger partial charge is 0.227 e. The highest BCUT2D eigenvalue weighted by Gasteiger charge is 2.28. The zero-order valence-corrected chi connectivity index (χ0v) is 11.0. The fourth-order valence-electron chi connectivity index (χ4n) is 2.11. The van der Waals surface area contributed by atoms with Crippen molar-refractivity contribution in [2.24, 2.45) is 11.8 Å². The van der Waals surface area contributed by atoms with Crippen molar-refractivity contribution >= 4 is 12.3 Å². The molecule has 1 unspecified atom stereocenters. The van der Waals surface area contributed by atoms with Gasteiger partial charge in [0, 0.05) is 32.7 Å². The van der Waals surface area contributed by atoms with E-state index in [0.29, 0.717) is 38.6 Å². The largest absolute Gasteiger partial charge is 0.342 e. The van der Waals surface area contributed by atoms with Crippen LogP contribution in [0.15, 0.2) is 0 Å². The first-order valence-electron chi connectivity index (χ1n) is 6.23. The third kappa shape index (κ3) is 3.70. The number of hydrogen-bond donors (Lipinski definition) is 1. The predicted molar refractivity (Wildman–Crippen MR) is 66.5 cm³/mol. The minimum absolute atomic E-state index is 0.0304. The van der Waals surface area contributed by atoms with E-state index in [1.807, 2.05) is 11.9 Å². The van der Waals surface area contributed by atoms with Crippen molar-refractivity contribution in [3.8, 4) is 0 Å². The predicted octanol–water partition coefficient (Wildman–Crippen LogP) is -0.221. The highest BCUT2D eigenvalue weighted by atomic mass is 16.2. The molecule has 98 valence electrons. The fraction of sp³-hybridized carbons (Fsp3) is 0.833. The highest BCUT2D eigenvalue weighted by molar-refractivity contribution is 5.79. The van der Waals surface area contributed by atoms with E-state index in [1.54, 1.807) is 4.90 Å². The third-order valence-electron chi connectivity index (χ3n) is 3.32. The second-order valence-corrected chi connectivity index (χ2v) is 4.87. The van der Waals surface area contributed by atoms with E-state index < -0.39 is 0 Å². The molecule has 1 rings (SSSR count). The third-order valence-corrected chi connectivity index (χ3v) is 3.32. The van der Waals surface area contributed by atoms with Crippen LogP contribution in [0, 0.1) is 11.8 Å². The molecule has 0 radical (unpaired) electrons. The zero-order chi connectivity index (χ0) is 12.8. The van der Waals surface area contributed by atoms with Crippen molar-refractivity contribution in [1.82, 2.24) is 15.1 Å². The Labute approximate surface area is 103 Å². The first-order chi connectivity index (χ1) is 8.10. The Hall–Kier alpha value is -1.10. The normalized spacial score (nSPS) is 18.4. The average molecular weight is 241 g/mol. The van der Waals surface area contributed by atoms with Gasteiger partial charge in [0.15, 0.2) is 0 Å². The van der Waals surface area contributed by atoms with Crippen LogP contribution < -0.4 is 5.32 Å². The van der Waals surface area contributed by atoms with Gasteiger partial charge in [-0.3, -0.25) is 9.59 Å². The van der Waals surface area contributed by atoms with Gasteiger partial charge in [-0.05, 0) is 13.0 Å². The van der Waals surface area contributed by atoms with Gasteiger partial charge >= 0.3 is 0 Å². The summed E-state index contributed by atoms with van der Waals surface area (Å²) in [5.74, 6) is 0.571. The minimum atomic E-state index is 0.0304. The number of hydrogen-bond acceptors (Lipinski definition) is 3. The van der Waals surface area contributed by atoms with Crippen LogP contribution in [0.2, 0.25) is 0 Å². The van der Waals surface area contributed by atoms with Gasteiger partial charge in [0.25, 0.3) is 0 Å². The zero-order valence-electron chi connectivity index (χ0n) is 11.0. The summed E-state index contributed by atoms with van der Waals surface area (Å²) >= 11 is 0. The SMILES string of the molecule is CNCC(C(=O)N1CCN(C=O)CC1)C(C)C. The Kier molecular flexibility index (Phi) is 5.41. The Morgan fingerprint density at radius 3 is 2.29 bits per heavy atom. The summed E-state index contributed by atoms with van der Waals surface area (Å²) in [6.07, 6.45) is 0.856. The van der Waals surface area contributed by atoms with Gasteiger partial charge in [-0.25, -0.2) is 0 Å². The van der Waals surface area contributed by atoms with Crippen LogP contribution >= 0.6 is 0 Å². The number of piperazine rings is 1. The molecular weight excluding hydrogens is 218 g/mol. The number of amides is 2. The number of nitrogens with one attached hydrogen (secondary N) is 1. The van der Waals surface area contributed by atoms with Crippen molar-refractivity contribution < 1.29 is 9.59 Å². The first-order valence-corrected chi connectivity index (χ1v) is 6.23. The lowest BCUT2D eigenvalue weighted by atomic mass is 9.94. The molecule has 1 fully saturated rings. The number of carbonyl (C=O) groups is 2. The van der Waals surface area contributed by atoms with Gasteiger partial charge in [-0.1, -0.05) is 13.8 Å². The molecule has 2 amide bonds. The minimum Gasteiger partial charge on any atom is -0.342 e. The fourth-order valence-corrected chi connectivity index (χ4v) is 2.11. The van der Waals surface area contributed by atoms with E-state index in [2.05, 4.69) is 19.2 Å². The van der Waals surface area contributed by atoms with Crippen molar-refractivity contribution in [1.29, 1.82) is 0 Å². The maximum Gasteiger partial charge on any atom is 0.227 e. The van der Waals surface area contributed by atoms with Gasteiger partial charge in [-0.15, -0.1) is 0 Å². The lowest BCUT2D eigenvalue weighted by molar-refractivity contribution is -0.140. The van der Waals surface area contributed by atoms with Crippen LogP contribution in [0.1, 0.15) is 13.8 Å². The van der Waals surface area contributed by atoms with Crippen molar-refractivity contribution in [3.05, 3.63) is 0 Å². The molecule has 1 N–H and O–H groups in total. The van der Waals surface area contributed by atoms with E-state index in [1.165, 1.54) is 0 Å². The quantitative estimate of drug-likeness (QED) is 0.677. The molecule has 0 spiro atoms. The molecule has 0 aliphatic carbocycles. The molecule has 0 aromatic heterocycles. The standard InChI is InChI=1S/C12H23N3O2/c1-10(2)11(8-13-3)12(17)15-6-4-14(9-16)5-7-15/h9-11,13H,4-8H2,1-3H3. The maximum absolute atomic E-state index is 12.3. The lowest BCUT2D eigenvalue weighted by Gasteiger charge is -2.35. The molecule has 1 atom stereocenters.